The number of piperidine rings is 1. The van der Waals surface area contributed by atoms with Crippen molar-refractivity contribution in [3.05, 3.63) is 35.6 Å². The summed E-state index contributed by atoms with van der Waals surface area (Å²) >= 11 is 0. The molecule has 3 fully saturated rings. The Hall–Kier alpha value is -2.57. The zero-order valence-electron chi connectivity index (χ0n) is 18.6. The highest BCUT2D eigenvalue weighted by molar-refractivity contribution is 6.11. The van der Waals surface area contributed by atoms with E-state index in [1.165, 1.54) is 30.0 Å². The number of ketones is 1. The van der Waals surface area contributed by atoms with Gasteiger partial charge in [0.15, 0.2) is 0 Å². The average molecular weight is 443 g/mol. The van der Waals surface area contributed by atoms with E-state index in [0.29, 0.717) is 19.5 Å². The van der Waals surface area contributed by atoms with Crippen molar-refractivity contribution in [2.24, 2.45) is 5.92 Å². The largest absolute Gasteiger partial charge is 0.342 e. The van der Waals surface area contributed by atoms with Crippen LogP contribution in [0.1, 0.15) is 70.3 Å². The van der Waals surface area contributed by atoms with Gasteiger partial charge in [0.2, 0.25) is 17.7 Å². The Morgan fingerprint density at radius 3 is 2.47 bits per heavy atom. The molecule has 2 saturated heterocycles. The number of benzene rings is 1. The van der Waals surface area contributed by atoms with Gasteiger partial charge in [-0.05, 0) is 38.7 Å². The Morgan fingerprint density at radius 2 is 1.78 bits per heavy atom. The molecule has 1 aliphatic carbocycles. The van der Waals surface area contributed by atoms with Gasteiger partial charge in [0, 0.05) is 43.5 Å². The number of imide groups is 1. The van der Waals surface area contributed by atoms with Gasteiger partial charge >= 0.3 is 0 Å². The molecule has 1 aromatic carbocycles. The standard InChI is InChI=1S/C25H31FN2O4/c1-17(29)18-8-7-13-27(16-18)22(30)14-25(20-11-5-6-12-21(20)26)15-23(31)28(24(25)32)19-9-3-2-4-10-19/h5-6,11-12,18-19H,2-4,7-10,13-16H2,1H3. The zero-order valence-corrected chi connectivity index (χ0v) is 18.6. The van der Waals surface area contributed by atoms with E-state index >= 15 is 0 Å². The van der Waals surface area contributed by atoms with Crippen LogP contribution in [0.25, 0.3) is 0 Å². The van der Waals surface area contributed by atoms with Gasteiger partial charge in [0.05, 0.1) is 5.41 Å². The van der Waals surface area contributed by atoms with Crippen LogP contribution in [0.3, 0.4) is 0 Å². The third-order valence-electron chi connectivity index (χ3n) is 7.48. The van der Waals surface area contributed by atoms with Crippen molar-refractivity contribution in [3.8, 4) is 0 Å². The number of rotatable bonds is 5. The molecule has 4 rings (SSSR count). The molecule has 6 nitrogen and oxygen atoms in total. The predicted octanol–water partition coefficient (Wildman–Crippen LogP) is 3.37. The number of halogens is 1. The third kappa shape index (κ3) is 4.09. The van der Waals surface area contributed by atoms with E-state index < -0.39 is 17.1 Å². The number of likely N-dealkylation sites (tertiary alicyclic amines) is 2. The average Bonchev–Trinajstić information content (AvgIpc) is 3.04. The van der Waals surface area contributed by atoms with Crippen LogP contribution in [0.4, 0.5) is 4.39 Å². The Kier molecular flexibility index (Phi) is 6.45. The second kappa shape index (κ2) is 9.12. The van der Waals surface area contributed by atoms with Crippen LogP contribution in [0.2, 0.25) is 0 Å². The number of Topliss-reactive ketones (excluding diaryl/α,β-unsaturated/α-hetero) is 1. The van der Waals surface area contributed by atoms with Crippen molar-refractivity contribution < 1.29 is 23.6 Å². The first-order valence-electron chi connectivity index (χ1n) is 11.7. The molecule has 2 heterocycles. The SMILES string of the molecule is CC(=O)C1CCCN(C(=O)CC2(c3ccccc3F)CC(=O)N(C3CCCCC3)C2=O)C1. The fraction of sp³-hybridized carbons (Fsp3) is 0.600. The smallest absolute Gasteiger partial charge is 0.241 e. The summed E-state index contributed by atoms with van der Waals surface area (Å²) in [6, 6.07) is 5.79. The molecule has 1 aromatic rings. The summed E-state index contributed by atoms with van der Waals surface area (Å²) in [6.45, 7) is 2.35. The van der Waals surface area contributed by atoms with Gasteiger partial charge in [-0.2, -0.15) is 0 Å². The summed E-state index contributed by atoms with van der Waals surface area (Å²) in [5, 5.41) is 0. The van der Waals surface area contributed by atoms with Crippen molar-refractivity contribution in [2.75, 3.05) is 13.1 Å². The van der Waals surface area contributed by atoms with Gasteiger partial charge in [-0.1, -0.05) is 37.5 Å². The van der Waals surface area contributed by atoms with Gasteiger partial charge in [-0.15, -0.1) is 0 Å². The molecule has 2 aliphatic heterocycles. The molecule has 3 aliphatic rings. The summed E-state index contributed by atoms with van der Waals surface area (Å²) in [4.78, 5) is 55.0. The van der Waals surface area contributed by atoms with E-state index in [2.05, 4.69) is 0 Å². The van der Waals surface area contributed by atoms with E-state index in [1.807, 2.05) is 0 Å². The number of carbonyl (C=O) groups is 4. The van der Waals surface area contributed by atoms with Gasteiger partial charge < -0.3 is 4.90 Å². The molecule has 32 heavy (non-hydrogen) atoms. The molecule has 0 radical (unpaired) electrons. The Morgan fingerprint density at radius 1 is 1.06 bits per heavy atom. The first-order chi connectivity index (χ1) is 15.3. The minimum Gasteiger partial charge on any atom is -0.342 e. The van der Waals surface area contributed by atoms with Crippen LogP contribution < -0.4 is 0 Å². The summed E-state index contributed by atoms with van der Waals surface area (Å²) in [5.41, 5.74) is -1.41. The second-order valence-electron chi connectivity index (χ2n) is 9.57. The fourth-order valence-corrected chi connectivity index (χ4v) is 5.67. The van der Waals surface area contributed by atoms with Crippen LogP contribution in [0.15, 0.2) is 24.3 Å². The first kappa shape index (κ1) is 22.6. The number of nitrogens with zero attached hydrogens (tertiary/aromatic N) is 2. The topological polar surface area (TPSA) is 74.8 Å². The van der Waals surface area contributed by atoms with Crippen molar-refractivity contribution in [1.29, 1.82) is 0 Å². The first-order valence-corrected chi connectivity index (χ1v) is 11.7. The molecule has 1 saturated carbocycles. The molecule has 0 spiro atoms. The molecular formula is C25H31FN2O4. The second-order valence-corrected chi connectivity index (χ2v) is 9.57. The lowest BCUT2D eigenvalue weighted by Gasteiger charge is -2.36. The summed E-state index contributed by atoms with van der Waals surface area (Å²) in [5.74, 6) is -1.82. The van der Waals surface area contributed by atoms with E-state index in [1.54, 1.807) is 11.0 Å². The van der Waals surface area contributed by atoms with Gasteiger partial charge in [0.25, 0.3) is 0 Å². The maximum Gasteiger partial charge on any atom is 0.241 e. The lowest BCUT2D eigenvalue weighted by Crippen LogP contribution is -2.49. The Bertz CT molecular complexity index is 926. The highest BCUT2D eigenvalue weighted by Gasteiger charge is 2.56. The Balaban J connectivity index is 1.66. The van der Waals surface area contributed by atoms with Crippen molar-refractivity contribution >= 4 is 23.5 Å². The van der Waals surface area contributed by atoms with Crippen LogP contribution in [0, 0.1) is 11.7 Å². The third-order valence-corrected chi connectivity index (χ3v) is 7.48. The van der Waals surface area contributed by atoms with Crippen LogP contribution in [0.5, 0.6) is 0 Å². The highest BCUT2D eigenvalue weighted by atomic mass is 19.1. The van der Waals surface area contributed by atoms with Crippen LogP contribution >= 0.6 is 0 Å². The summed E-state index contributed by atoms with van der Waals surface area (Å²) in [7, 11) is 0. The molecule has 0 aromatic heterocycles. The molecule has 0 bridgehead atoms. The number of hydrogen-bond donors (Lipinski definition) is 0. The summed E-state index contributed by atoms with van der Waals surface area (Å²) < 4.78 is 15.0. The zero-order chi connectivity index (χ0) is 22.9. The van der Waals surface area contributed by atoms with E-state index in [9.17, 15) is 23.6 Å². The predicted molar refractivity (Wildman–Crippen MR) is 116 cm³/mol. The van der Waals surface area contributed by atoms with Gasteiger partial charge in [-0.3, -0.25) is 24.1 Å². The minimum absolute atomic E-state index is 0.0434. The number of carbonyl (C=O) groups excluding carboxylic acids is 4. The number of hydrogen-bond acceptors (Lipinski definition) is 4. The van der Waals surface area contributed by atoms with Crippen molar-refractivity contribution in [1.82, 2.24) is 9.80 Å². The van der Waals surface area contributed by atoms with Crippen LogP contribution in [-0.2, 0) is 24.6 Å². The molecule has 172 valence electrons. The van der Waals surface area contributed by atoms with Gasteiger partial charge in [-0.25, -0.2) is 4.39 Å². The normalized spacial score (nSPS) is 27.1. The molecular weight excluding hydrogens is 411 g/mol. The van der Waals surface area contributed by atoms with Gasteiger partial charge in [0.1, 0.15) is 11.6 Å². The molecule has 7 heteroatoms. The lowest BCUT2D eigenvalue weighted by atomic mass is 9.75. The number of amides is 3. The molecule has 2 unspecified atom stereocenters. The highest BCUT2D eigenvalue weighted by Crippen LogP contribution is 2.44. The van der Waals surface area contributed by atoms with Crippen molar-refractivity contribution in [3.63, 3.8) is 0 Å². The molecule has 3 amide bonds. The molecule has 2 atom stereocenters. The Labute approximate surface area is 188 Å². The minimum atomic E-state index is -1.53. The monoisotopic (exact) mass is 442 g/mol. The summed E-state index contributed by atoms with van der Waals surface area (Å²) in [6.07, 6.45) is 5.49. The van der Waals surface area contributed by atoms with Crippen LogP contribution in [-0.4, -0.2) is 52.4 Å². The van der Waals surface area contributed by atoms with Crippen molar-refractivity contribution in [2.45, 2.75) is 76.2 Å². The lowest BCUT2D eigenvalue weighted by molar-refractivity contribution is -0.146. The fourth-order valence-electron chi connectivity index (χ4n) is 5.67. The van der Waals surface area contributed by atoms with E-state index in [0.717, 1.165) is 38.5 Å². The quantitative estimate of drug-likeness (QED) is 0.656. The maximum absolute atomic E-state index is 15.0. The molecule has 0 N–H and O–H groups in total. The van der Waals surface area contributed by atoms with E-state index in [4.69, 9.17) is 0 Å². The van der Waals surface area contributed by atoms with E-state index in [-0.39, 0.29) is 48.0 Å². The maximum atomic E-state index is 15.0.